The van der Waals surface area contributed by atoms with Crippen molar-refractivity contribution in [3.8, 4) is 22.8 Å². The number of hydrogen-bond acceptors (Lipinski definition) is 7. The first kappa shape index (κ1) is 23.3. The first-order valence-electron chi connectivity index (χ1n) is 10.4. The van der Waals surface area contributed by atoms with Gasteiger partial charge in [0.1, 0.15) is 10.7 Å². The average Bonchev–Trinajstić information content (AvgIpc) is 3.24. The summed E-state index contributed by atoms with van der Waals surface area (Å²) < 4.78 is 5.40. The molecule has 0 saturated heterocycles. The Bertz CT molecular complexity index is 1310. The summed E-state index contributed by atoms with van der Waals surface area (Å²) in [5.41, 5.74) is 5.64. The Hall–Kier alpha value is -3.88. The summed E-state index contributed by atoms with van der Waals surface area (Å²) in [6.07, 6.45) is 1.59. The average molecular weight is 493 g/mol. The first-order chi connectivity index (χ1) is 16.5. The van der Waals surface area contributed by atoms with Crippen molar-refractivity contribution in [3.05, 3.63) is 88.9 Å². The molecule has 34 heavy (non-hydrogen) atoms. The number of carbonyl (C=O) groups excluding carboxylic acids is 1. The number of thiazole rings is 1. The summed E-state index contributed by atoms with van der Waals surface area (Å²) in [6.45, 7) is 2.29. The van der Waals surface area contributed by atoms with Gasteiger partial charge < -0.3 is 15.2 Å². The van der Waals surface area contributed by atoms with Gasteiger partial charge in [-0.2, -0.15) is 5.10 Å². The van der Waals surface area contributed by atoms with Crippen LogP contribution in [0.4, 0.5) is 10.1 Å². The van der Waals surface area contributed by atoms with Crippen molar-refractivity contribution in [3.63, 3.8) is 0 Å². The summed E-state index contributed by atoms with van der Waals surface area (Å²) in [5, 5.41) is 18.7. The Morgan fingerprint density at radius 3 is 2.65 bits per heavy atom. The Kier molecular flexibility index (Phi) is 7.41. The molecular formula is C25H21ClN4O3S. The van der Waals surface area contributed by atoms with Crippen LogP contribution in [0.1, 0.15) is 22.8 Å². The topological polar surface area (TPSA) is 95.8 Å². The van der Waals surface area contributed by atoms with Crippen LogP contribution >= 0.6 is 22.9 Å². The molecule has 3 aromatic carbocycles. The van der Waals surface area contributed by atoms with Gasteiger partial charge in [-0.05, 0) is 55.0 Å². The predicted octanol–water partition coefficient (Wildman–Crippen LogP) is 6.27. The van der Waals surface area contributed by atoms with Crippen LogP contribution in [0.2, 0.25) is 5.02 Å². The zero-order valence-corrected chi connectivity index (χ0v) is 19.7. The fraction of sp³-hybridized carbons (Fsp3) is 0.0800. The van der Waals surface area contributed by atoms with E-state index in [1.165, 1.54) is 11.3 Å². The molecule has 7 nitrogen and oxygen atoms in total. The van der Waals surface area contributed by atoms with Crippen LogP contribution in [0.25, 0.3) is 11.3 Å². The number of phenols is 1. The van der Waals surface area contributed by atoms with Crippen LogP contribution in [0.3, 0.4) is 0 Å². The Morgan fingerprint density at radius 1 is 1.15 bits per heavy atom. The second kappa shape index (κ2) is 10.8. The van der Waals surface area contributed by atoms with E-state index in [1.54, 1.807) is 48.7 Å². The molecule has 0 spiro atoms. The number of rotatable bonds is 8. The van der Waals surface area contributed by atoms with E-state index >= 15 is 0 Å². The molecule has 0 aliphatic rings. The Labute approximate surface area is 205 Å². The second-order valence-electron chi connectivity index (χ2n) is 7.05. The van der Waals surface area contributed by atoms with Crippen LogP contribution in [-0.4, -0.2) is 28.8 Å². The molecule has 1 heterocycles. The smallest absolute Gasteiger partial charge is 0.256 e. The van der Waals surface area contributed by atoms with Crippen LogP contribution in [-0.2, 0) is 0 Å². The lowest BCUT2D eigenvalue weighted by molar-refractivity contribution is 0.102. The highest BCUT2D eigenvalue weighted by Gasteiger charge is 2.16. The number of hydrogen-bond donors (Lipinski definition) is 3. The van der Waals surface area contributed by atoms with Crippen molar-refractivity contribution < 1.29 is 14.6 Å². The minimum atomic E-state index is -0.264. The van der Waals surface area contributed by atoms with Gasteiger partial charge in [0.05, 0.1) is 12.8 Å². The molecule has 0 bridgehead atoms. The van der Waals surface area contributed by atoms with Crippen molar-refractivity contribution in [2.45, 2.75) is 6.92 Å². The van der Waals surface area contributed by atoms with Gasteiger partial charge in [0, 0.05) is 16.1 Å². The molecule has 0 aliphatic carbocycles. The maximum atomic E-state index is 12.8. The number of aromatic nitrogens is 1. The van der Waals surface area contributed by atoms with E-state index in [0.29, 0.717) is 38.8 Å². The highest BCUT2D eigenvalue weighted by molar-refractivity contribution is 7.20. The standard InChI is InChI=1S/C25H21ClN4O3S/c1-2-33-21-14-16(8-13-20(21)31)15-27-30-25-28-22(17-6-4-3-5-7-17)24(34-25)29-23(32)18-9-11-19(26)12-10-18/h3-15,31H,2H2,1H3,(H,28,30)(H,29,32)/b27-15+. The zero-order valence-electron chi connectivity index (χ0n) is 18.2. The number of amides is 1. The third-order valence-corrected chi connectivity index (χ3v) is 5.79. The largest absolute Gasteiger partial charge is 0.504 e. The van der Waals surface area contributed by atoms with Gasteiger partial charge in [-0.1, -0.05) is 53.3 Å². The molecule has 1 aromatic heterocycles. The summed E-state index contributed by atoms with van der Waals surface area (Å²) in [6, 6.07) is 21.2. The van der Waals surface area contributed by atoms with Gasteiger partial charge in [-0.15, -0.1) is 0 Å². The van der Waals surface area contributed by atoms with Gasteiger partial charge >= 0.3 is 0 Å². The monoisotopic (exact) mass is 492 g/mol. The molecule has 3 N–H and O–H groups in total. The van der Waals surface area contributed by atoms with E-state index in [0.717, 1.165) is 11.1 Å². The predicted molar refractivity (Wildman–Crippen MR) is 137 cm³/mol. The molecular weight excluding hydrogens is 472 g/mol. The number of phenolic OH excluding ortho intramolecular Hbond substituents is 1. The molecule has 4 rings (SSSR count). The minimum absolute atomic E-state index is 0.0699. The highest BCUT2D eigenvalue weighted by Crippen LogP contribution is 2.36. The lowest BCUT2D eigenvalue weighted by Gasteiger charge is -2.05. The molecule has 0 radical (unpaired) electrons. The van der Waals surface area contributed by atoms with Gasteiger partial charge in [-0.25, -0.2) is 4.98 Å². The third kappa shape index (κ3) is 5.72. The van der Waals surface area contributed by atoms with E-state index in [9.17, 15) is 9.90 Å². The number of ether oxygens (including phenoxy) is 1. The minimum Gasteiger partial charge on any atom is -0.504 e. The van der Waals surface area contributed by atoms with Crippen LogP contribution in [0.15, 0.2) is 77.9 Å². The van der Waals surface area contributed by atoms with E-state index in [4.69, 9.17) is 16.3 Å². The zero-order chi connectivity index (χ0) is 23.9. The van der Waals surface area contributed by atoms with Crippen molar-refractivity contribution in [1.29, 1.82) is 0 Å². The number of nitrogens with one attached hydrogen (secondary N) is 2. The molecule has 0 saturated carbocycles. The van der Waals surface area contributed by atoms with E-state index in [2.05, 4.69) is 20.8 Å². The SMILES string of the molecule is CCOc1cc(/C=N/Nc2nc(-c3ccccc3)c(NC(=O)c3ccc(Cl)cc3)s2)ccc1O. The van der Waals surface area contributed by atoms with Crippen LogP contribution in [0.5, 0.6) is 11.5 Å². The summed E-state index contributed by atoms with van der Waals surface area (Å²) in [4.78, 5) is 17.4. The summed E-state index contributed by atoms with van der Waals surface area (Å²) >= 11 is 7.20. The number of aromatic hydroxyl groups is 1. The number of benzene rings is 3. The third-order valence-electron chi connectivity index (χ3n) is 4.67. The number of nitrogens with zero attached hydrogens (tertiary/aromatic N) is 2. The lowest BCUT2D eigenvalue weighted by Crippen LogP contribution is -2.11. The van der Waals surface area contributed by atoms with Crippen LogP contribution in [0, 0.1) is 0 Å². The molecule has 1 amide bonds. The number of anilines is 2. The van der Waals surface area contributed by atoms with E-state index < -0.39 is 0 Å². The quantitative estimate of drug-likeness (QED) is 0.199. The van der Waals surface area contributed by atoms with Gasteiger partial charge in [0.15, 0.2) is 11.5 Å². The fourth-order valence-electron chi connectivity index (χ4n) is 3.07. The maximum Gasteiger partial charge on any atom is 0.256 e. The number of carbonyl (C=O) groups is 1. The van der Waals surface area contributed by atoms with Crippen molar-refractivity contribution in [2.24, 2.45) is 5.10 Å². The molecule has 4 aromatic rings. The summed E-state index contributed by atoms with van der Waals surface area (Å²) in [7, 11) is 0. The molecule has 0 unspecified atom stereocenters. The Balaban J connectivity index is 1.56. The molecule has 0 aliphatic heterocycles. The van der Waals surface area contributed by atoms with Crippen molar-refractivity contribution >= 4 is 45.2 Å². The highest BCUT2D eigenvalue weighted by atomic mass is 35.5. The van der Waals surface area contributed by atoms with Gasteiger partial charge in [0.2, 0.25) is 5.13 Å². The fourth-order valence-corrected chi connectivity index (χ4v) is 4.02. The number of halogens is 1. The molecule has 172 valence electrons. The molecule has 0 fully saturated rings. The summed E-state index contributed by atoms with van der Waals surface area (Å²) in [5.74, 6) is 0.194. The first-order valence-corrected chi connectivity index (χ1v) is 11.6. The van der Waals surface area contributed by atoms with Crippen molar-refractivity contribution in [1.82, 2.24) is 4.98 Å². The normalized spacial score (nSPS) is 10.9. The lowest BCUT2D eigenvalue weighted by atomic mass is 10.1. The van der Waals surface area contributed by atoms with Crippen molar-refractivity contribution in [2.75, 3.05) is 17.3 Å². The molecule has 9 heteroatoms. The van der Waals surface area contributed by atoms with Gasteiger partial charge in [0.25, 0.3) is 5.91 Å². The van der Waals surface area contributed by atoms with Crippen LogP contribution < -0.4 is 15.5 Å². The molecule has 0 atom stereocenters. The van der Waals surface area contributed by atoms with Gasteiger partial charge in [-0.3, -0.25) is 10.2 Å². The van der Waals surface area contributed by atoms with E-state index in [-0.39, 0.29) is 11.7 Å². The second-order valence-corrected chi connectivity index (χ2v) is 8.49. The maximum absolute atomic E-state index is 12.8. The Morgan fingerprint density at radius 2 is 1.91 bits per heavy atom. The number of hydrazone groups is 1. The van der Waals surface area contributed by atoms with E-state index in [1.807, 2.05) is 37.3 Å².